The first-order valence-electron chi connectivity index (χ1n) is 7.59. The molecule has 0 bridgehead atoms. The zero-order chi connectivity index (χ0) is 15.8. The van der Waals surface area contributed by atoms with E-state index >= 15 is 0 Å². The van der Waals surface area contributed by atoms with Crippen LogP contribution in [0.4, 0.5) is 0 Å². The largest absolute Gasteiger partial charge is 0.396 e. The van der Waals surface area contributed by atoms with Crippen molar-refractivity contribution in [3.63, 3.8) is 0 Å². The molecule has 0 unspecified atom stereocenters. The highest BCUT2D eigenvalue weighted by Crippen LogP contribution is 2.33. The summed E-state index contributed by atoms with van der Waals surface area (Å²) in [4.78, 5) is 0. The van der Waals surface area contributed by atoms with E-state index in [9.17, 15) is 0 Å². The molecule has 0 aliphatic rings. The molecule has 0 atom stereocenters. The highest BCUT2D eigenvalue weighted by molar-refractivity contribution is 8.00. The summed E-state index contributed by atoms with van der Waals surface area (Å²) in [6.07, 6.45) is 5.56. The summed E-state index contributed by atoms with van der Waals surface area (Å²) in [5.74, 6) is 4.65. The fourth-order valence-electron chi connectivity index (χ4n) is 1.76. The molecule has 0 rings (SSSR count). The quantitative estimate of drug-likeness (QED) is 0.250. The van der Waals surface area contributed by atoms with Gasteiger partial charge < -0.3 is 20.4 Å². The Kier molecular flexibility index (Phi) is 18.1. The molecule has 0 saturated carbocycles. The van der Waals surface area contributed by atoms with Crippen LogP contribution in [-0.2, 0) is 0 Å². The van der Waals surface area contributed by atoms with Gasteiger partial charge in [-0.15, -0.1) is 0 Å². The van der Waals surface area contributed by atoms with Gasteiger partial charge in [0.25, 0.3) is 0 Å². The minimum absolute atomic E-state index is 0.0597. The van der Waals surface area contributed by atoms with Crippen LogP contribution in [0.25, 0.3) is 0 Å². The van der Waals surface area contributed by atoms with Crippen molar-refractivity contribution in [2.45, 2.75) is 25.7 Å². The van der Waals surface area contributed by atoms with Gasteiger partial charge in [-0.1, -0.05) is 7.92 Å². The summed E-state index contributed by atoms with van der Waals surface area (Å²) < 4.78 is 0. The van der Waals surface area contributed by atoms with Crippen molar-refractivity contribution < 1.29 is 20.4 Å². The Labute approximate surface area is 138 Å². The first kappa shape index (κ1) is 22.0. The van der Waals surface area contributed by atoms with Gasteiger partial charge in [0.05, 0.1) is 12.7 Å². The van der Waals surface area contributed by atoms with E-state index in [1.807, 2.05) is 23.5 Å². The van der Waals surface area contributed by atoms with Crippen LogP contribution in [-0.4, -0.2) is 75.5 Å². The standard InChI is InChI=1S/C14H31O4PS2/c15-10-14(11-16)4-1-6-20-8-3-9-21-7-2-5-19(12-17)13-18/h14-18H,1-13H2. The summed E-state index contributed by atoms with van der Waals surface area (Å²) in [6, 6.07) is 0. The lowest BCUT2D eigenvalue weighted by molar-refractivity contribution is 0.143. The molecule has 0 spiro atoms. The summed E-state index contributed by atoms with van der Waals surface area (Å²) >= 11 is 3.91. The van der Waals surface area contributed by atoms with E-state index in [2.05, 4.69) is 0 Å². The molecule has 4 nitrogen and oxygen atoms in total. The van der Waals surface area contributed by atoms with Crippen LogP contribution < -0.4 is 0 Å². The van der Waals surface area contributed by atoms with Gasteiger partial charge in [0, 0.05) is 19.1 Å². The molecule has 0 aromatic rings. The van der Waals surface area contributed by atoms with E-state index in [1.54, 1.807) is 0 Å². The number of rotatable bonds is 16. The molecular formula is C14H31O4PS2. The summed E-state index contributed by atoms with van der Waals surface area (Å²) in [5.41, 5.74) is 0. The molecule has 4 N–H and O–H groups in total. The smallest absolute Gasteiger partial charge is 0.0646 e. The Morgan fingerprint density at radius 3 is 1.76 bits per heavy atom. The number of hydrogen-bond acceptors (Lipinski definition) is 6. The van der Waals surface area contributed by atoms with Gasteiger partial charge in [-0.3, -0.25) is 0 Å². The fraction of sp³-hybridized carbons (Fsp3) is 1.00. The monoisotopic (exact) mass is 358 g/mol. The molecule has 7 heteroatoms. The molecule has 0 aliphatic heterocycles. The van der Waals surface area contributed by atoms with E-state index < -0.39 is 7.92 Å². The Morgan fingerprint density at radius 2 is 1.24 bits per heavy atom. The van der Waals surface area contributed by atoms with Crippen LogP contribution in [0.15, 0.2) is 0 Å². The molecule has 0 fully saturated rings. The molecular weight excluding hydrogens is 327 g/mol. The Bertz CT molecular complexity index is 185. The minimum Gasteiger partial charge on any atom is -0.396 e. The zero-order valence-electron chi connectivity index (χ0n) is 12.8. The van der Waals surface area contributed by atoms with Gasteiger partial charge in [0.15, 0.2) is 0 Å². The van der Waals surface area contributed by atoms with Crippen molar-refractivity contribution in [3.05, 3.63) is 0 Å². The lowest BCUT2D eigenvalue weighted by atomic mass is 10.1. The highest BCUT2D eigenvalue weighted by Gasteiger charge is 2.05. The van der Waals surface area contributed by atoms with Crippen LogP contribution in [0, 0.1) is 5.92 Å². The Hall–Kier alpha value is 0.970. The SMILES string of the molecule is OCC(CO)CCCSCCCSCCCP(CO)CO. The fourth-order valence-corrected chi connectivity index (χ4v) is 4.96. The molecule has 0 aliphatic carbocycles. The first-order chi connectivity index (χ1) is 10.3. The maximum absolute atomic E-state index is 8.97. The second-order valence-corrected chi connectivity index (χ2v) is 9.79. The number of thioether (sulfide) groups is 2. The van der Waals surface area contributed by atoms with Crippen molar-refractivity contribution in [1.29, 1.82) is 0 Å². The van der Waals surface area contributed by atoms with E-state index in [0.717, 1.165) is 36.9 Å². The van der Waals surface area contributed by atoms with Crippen molar-refractivity contribution >= 4 is 31.4 Å². The van der Waals surface area contributed by atoms with Crippen molar-refractivity contribution in [3.8, 4) is 0 Å². The Morgan fingerprint density at radius 1 is 0.714 bits per heavy atom. The molecule has 0 amide bonds. The predicted octanol–water partition coefficient (Wildman–Crippen LogP) is 2.00. The molecule has 0 aromatic carbocycles. The van der Waals surface area contributed by atoms with Crippen molar-refractivity contribution in [2.75, 3.05) is 55.1 Å². The minimum atomic E-state index is -0.541. The van der Waals surface area contributed by atoms with Crippen LogP contribution >= 0.6 is 31.4 Å². The lowest BCUT2D eigenvalue weighted by Crippen LogP contribution is -2.10. The molecule has 21 heavy (non-hydrogen) atoms. The van der Waals surface area contributed by atoms with Crippen molar-refractivity contribution in [1.82, 2.24) is 0 Å². The van der Waals surface area contributed by atoms with Crippen LogP contribution in [0.5, 0.6) is 0 Å². The van der Waals surface area contributed by atoms with Gasteiger partial charge in [-0.05, 0) is 54.9 Å². The first-order valence-corrected chi connectivity index (χ1v) is 11.8. The molecule has 0 aromatic heterocycles. The van der Waals surface area contributed by atoms with Gasteiger partial charge in [0.1, 0.15) is 0 Å². The molecule has 0 saturated heterocycles. The van der Waals surface area contributed by atoms with Crippen LogP contribution in [0.3, 0.4) is 0 Å². The average Bonchev–Trinajstić information content (AvgIpc) is 2.52. The second kappa shape index (κ2) is 17.3. The van der Waals surface area contributed by atoms with Crippen LogP contribution in [0.1, 0.15) is 25.7 Å². The second-order valence-electron chi connectivity index (χ2n) is 4.98. The maximum Gasteiger partial charge on any atom is 0.0646 e. The Balaban J connectivity index is 3.15. The van der Waals surface area contributed by atoms with Gasteiger partial charge in [-0.2, -0.15) is 23.5 Å². The third-order valence-corrected chi connectivity index (χ3v) is 7.22. The summed E-state index contributed by atoms with van der Waals surface area (Å²) in [5, 5.41) is 35.8. The van der Waals surface area contributed by atoms with E-state index in [4.69, 9.17) is 20.4 Å². The van der Waals surface area contributed by atoms with Gasteiger partial charge >= 0.3 is 0 Å². The van der Waals surface area contributed by atoms with E-state index in [1.165, 1.54) is 17.9 Å². The normalized spacial score (nSPS) is 11.7. The molecule has 128 valence electrons. The topological polar surface area (TPSA) is 80.9 Å². The third-order valence-electron chi connectivity index (χ3n) is 3.16. The zero-order valence-corrected chi connectivity index (χ0v) is 15.3. The van der Waals surface area contributed by atoms with Gasteiger partial charge in [-0.25, -0.2) is 0 Å². The van der Waals surface area contributed by atoms with Crippen molar-refractivity contribution in [2.24, 2.45) is 5.92 Å². The van der Waals surface area contributed by atoms with Crippen LogP contribution in [0.2, 0.25) is 0 Å². The highest BCUT2D eigenvalue weighted by atomic mass is 32.2. The molecule has 0 radical (unpaired) electrons. The number of aliphatic hydroxyl groups excluding tert-OH is 4. The third kappa shape index (κ3) is 14.3. The van der Waals surface area contributed by atoms with E-state index in [0.29, 0.717) is 0 Å². The predicted molar refractivity (Wildman–Crippen MR) is 96.7 cm³/mol. The van der Waals surface area contributed by atoms with E-state index in [-0.39, 0.29) is 31.8 Å². The number of aliphatic hydroxyl groups is 4. The summed E-state index contributed by atoms with van der Waals surface area (Å²) in [7, 11) is -0.541. The summed E-state index contributed by atoms with van der Waals surface area (Å²) in [6.45, 7) is 0.180. The number of hydrogen-bond donors (Lipinski definition) is 4. The average molecular weight is 359 g/mol. The lowest BCUT2D eigenvalue weighted by Gasteiger charge is -2.10. The molecule has 0 heterocycles. The maximum atomic E-state index is 8.97. The van der Waals surface area contributed by atoms with Gasteiger partial charge in [0.2, 0.25) is 0 Å².